The fourth-order valence-electron chi connectivity index (χ4n) is 4.78. The van der Waals surface area contributed by atoms with Gasteiger partial charge in [0, 0.05) is 6.07 Å². The maximum Gasteiger partial charge on any atom is 0.335 e. The van der Waals surface area contributed by atoms with Gasteiger partial charge in [-0.2, -0.15) is 0 Å². The van der Waals surface area contributed by atoms with Crippen LogP contribution in [0.2, 0.25) is 0 Å². The van der Waals surface area contributed by atoms with Gasteiger partial charge in [-0.3, -0.25) is 14.9 Å². The smallest absolute Gasteiger partial charge is 0.335 e. The first-order valence-corrected chi connectivity index (χ1v) is 15.3. The molecule has 4 aromatic carbocycles. The first-order chi connectivity index (χ1) is 22.9. The van der Waals surface area contributed by atoms with Crippen molar-refractivity contribution in [2.24, 2.45) is 0 Å². The van der Waals surface area contributed by atoms with Crippen molar-refractivity contribution in [3.8, 4) is 28.7 Å². The average molecular weight is 637 g/mol. The number of carbonyl (C=O) groups excluding carboxylic acids is 3. The second-order valence-electron chi connectivity index (χ2n) is 10.5. The molecule has 0 atom stereocenters. The Labute approximate surface area is 273 Å². The number of amides is 4. The predicted molar refractivity (Wildman–Crippen MR) is 177 cm³/mol. The van der Waals surface area contributed by atoms with Gasteiger partial charge in [-0.1, -0.05) is 55.5 Å². The quantitative estimate of drug-likeness (QED) is 0.120. The normalized spacial score (nSPS) is 13.7. The highest BCUT2D eigenvalue weighted by atomic mass is 16.5. The van der Waals surface area contributed by atoms with Crippen LogP contribution in [-0.4, -0.2) is 38.2 Å². The Bertz CT molecular complexity index is 1750. The van der Waals surface area contributed by atoms with Crippen molar-refractivity contribution in [2.45, 2.75) is 33.5 Å². The Hall–Kier alpha value is -5.77. The number of benzene rings is 4. The third kappa shape index (κ3) is 8.09. The lowest BCUT2D eigenvalue weighted by atomic mass is 10.1. The van der Waals surface area contributed by atoms with Gasteiger partial charge in [0.1, 0.15) is 24.5 Å². The van der Waals surface area contributed by atoms with Gasteiger partial charge in [-0.25, -0.2) is 9.69 Å². The first kappa shape index (κ1) is 32.6. The minimum atomic E-state index is -0.853. The van der Waals surface area contributed by atoms with E-state index in [4.69, 9.17) is 23.7 Å². The van der Waals surface area contributed by atoms with Crippen LogP contribution in [0.25, 0.3) is 6.08 Å². The molecule has 1 heterocycles. The van der Waals surface area contributed by atoms with Crippen molar-refractivity contribution in [2.75, 3.05) is 25.2 Å². The molecule has 1 aliphatic rings. The SMILES string of the molecule is CCCOc1ccc(N2C(=O)NC(=O)/C(=C/c3ccc(OCc4ccc(OCc5ccccc5)c(OCC)c4)cc3)C2=O)cc1OC. The Morgan fingerprint density at radius 1 is 0.702 bits per heavy atom. The van der Waals surface area contributed by atoms with Gasteiger partial charge < -0.3 is 23.7 Å². The van der Waals surface area contributed by atoms with Gasteiger partial charge in [0.25, 0.3) is 11.8 Å². The second-order valence-corrected chi connectivity index (χ2v) is 10.5. The average Bonchev–Trinajstić information content (AvgIpc) is 3.09. The Kier molecular flexibility index (Phi) is 10.7. The highest BCUT2D eigenvalue weighted by molar-refractivity contribution is 6.39. The third-order valence-electron chi connectivity index (χ3n) is 7.11. The van der Waals surface area contributed by atoms with Crippen LogP contribution >= 0.6 is 0 Å². The number of hydrogen-bond acceptors (Lipinski definition) is 8. The van der Waals surface area contributed by atoms with Gasteiger partial charge in [-0.05, 0) is 72.5 Å². The monoisotopic (exact) mass is 636 g/mol. The van der Waals surface area contributed by atoms with Crippen molar-refractivity contribution in [3.63, 3.8) is 0 Å². The zero-order chi connectivity index (χ0) is 33.2. The molecule has 0 aromatic heterocycles. The molecule has 0 saturated carbocycles. The molecule has 1 N–H and O–H groups in total. The van der Waals surface area contributed by atoms with Gasteiger partial charge in [-0.15, -0.1) is 0 Å². The van der Waals surface area contributed by atoms with E-state index in [9.17, 15) is 14.4 Å². The van der Waals surface area contributed by atoms with E-state index in [1.165, 1.54) is 19.3 Å². The molecule has 0 radical (unpaired) electrons. The van der Waals surface area contributed by atoms with Crippen LogP contribution in [0, 0.1) is 0 Å². The zero-order valence-corrected chi connectivity index (χ0v) is 26.5. The molecule has 0 spiro atoms. The molecule has 4 aromatic rings. The lowest BCUT2D eigenvalue weighted by Gasteiger charge is -2.27. The van der Waals surface area contributed by atoms with Crippen LogP contribution in [0.4, 0.5) is 10.5 Å². The van der Waals surface area contributed by atoms with E-state index in [2.05, 4.69) is 5.32 Å². The third-order valence-corrected chi connectivity index (χ3v) is 7.11. The van der Waals surface area contributed by atoms with Crippen molar-refractivity contribution in [1.29, 1.82) is 0 Å². The molecule has 5 rings (SSSR count). The highest BCUT2D eigenvalue weighted by Gasteiger charge is 2.37. The molecule has 242 valence electrons. The standard InChI is InChI=1S/C37H36N2O8/c1-4-19-45-31-18-14-28(22-33(31)43-3)39-36(41)30(35(40)38-37(39)42)20-25-11-15-29(16-12-25)46-24-27-13-17-32(34(21-27)44-5-2)47-23-26-9-7-6-8-10-26/h6-18,20-22H,4-5,19,23-24H2,1-3H3,(H,38,40,42)/b30-20-. The van der Waals surface area contributed by atoms with Gasteiger partial charge in [0.15, 0.2) is 23.0 Å². The fourth-order valence-corrected chi connectivity index (χ4v) is 4.78. The van der Waals surface area contributed by atoms with Crippen LogP contribution in [0.5, 0.6) is 28.7 Å². The van der Waals surface area contributed by atoms with E-state index >= 15 is 0 Å². The molecule has 1 saturated heterocycles. The number of carbonyl (C=O) groups is 3. The van der Waals surface area contributed by atoms with E-state index in [0.717, 1.165) is 22.4 Å². The lowest BCUT2D eigenvalue weighted by molar-refractivity contribution is -0.122. The summed E-state index contributed by atoms with van der Waals surface area (Å²) >= 11 is 0. The molecule has 1 aliphatic heterocycles. The number of methoxy groups -OCH3 is 1. The minimum Gasteiger partial charge on any atom is -0.493 e. The summed E-state index contributed by atoms with van der Waals surface area (Å²) in [4.78, 5) is 39.7. The Balaban J connectivity index is 1.25. The summed E-state index contributed by atoms with van der Waals surface area (Å²) in [6.45, 7) is 5.58. The molecular formula is C37H36N2O8. The van der Waals surface area contributed by atoms with Crippen LogP contribution in [-0.2, 0) is 22.8 Å². The summed E-state index contributed by atoms with van der Waals surface area (Å²) in [5.74, 6) is 1.16. The number of hydrogen-bond donors (Lipinski definition) is 1. The van der Waals surface area contributed by atoms with Crippen molar-refractivity contribution < 1.29 is 38.1 Å². The molecule has 10 nitrogen and oxygen atoms in total. The Morgan fingerprint density at radius 2 is 1.43 bits per heavy atom. The zero-order valence-electron chi connectivity index (χ0n) is 26.5. The molecular weight excluding hydrogens is 600 g/mol. The van der Waals surface area contributed by atoms with E-state index in [0.29, 0.717) is 54.1 Å². The minimum absolute atomic E-state index is 0.193. The van der Waals surface area contributed by atoms with Crippen LogP contribution in [0.3, 0.4) is 0 Å². The predicted octanol–water partition coefficient (Wildman–Crippen LogP) is 6.71. The van der Waals surface area contributed by atoms with E-state index in [1.54, 1.807) is 36.4 Å². The highest BCUT2D eigenvalue weighted by Crippen LogP contribution is 2.34. The molecule has 0 unspecified atom stereocenters. The van der Waals surface area contributed by atoms with E-state index < -0.39 is 17.8 Å². The van der Waals surface area contributed by atoms with Gasteiger partial charge in [0.2, 0.25) is 0 Å². The largest absolute Gasteiger partial charge is 0.493 e. The molecule has 4 amide bonds. The topological polar surface area (TPSA) is 113 Å². The summed E-state index contributed by atoms with van der Waals surface area (Å²) < 4.78 is 28.9. The number of anilines is 1. The molecule has 10 heteroatoms. The molecule has 1 fully saturated rings. The summed E-state index contributed by atoms with van der Waals surface area (Å²) in [7, 11) is 1.47. The maximum atomic E-state index is 13.4. The summed E-state index contributed by atoms with van der Waals surface area (Å²) in [6.07, 6.45) is 2.23. The van der Waals surface area contributed by atoms with Gasteiger partial charge in [0.05, 0.1) is 26.0 Å². The Morgan fingerprint density at radius 3 is 2.15 bits per heavy atom. The fraction of sp³-hybridized carbons (Fsp3) is 0.216. The number of barbiturate groups is 1. The second kappa shape index (κ2) is 15.5. The van der Waals surface area contributed by atoms with Gasteiger partial charge >= 0.3 is 6.03 Å². The lowest BCUT2D eigenvalue weighted by Crippen LogP contribution is -2.54. The van der Waals surface area contributed by atoms with Crippen molar-refractivity contribution in [1.82, 2.24) is 5.32 Å². The molecule has 0 bridgehead atoms. The molecule has 47 heavy (non-hydrogen) atoms. The molecule has 0 aliphatic carbocycles. The number of rotatable bonds is 14. The van der Waals surface area contributed by atoms with Crippen molar-refractivity contribution in [3.05, 3.63) is 113 Å². The van der Waals surface area contributed by atoms with E-state index in [1.807, 2.05) is 62.4 Å². The van der Waals surface area contributed by atoms with Crippen LogP contribution < -0.4 is 33.9 Å². The summed E-state index contributed by atoms with van der Waals surface area (Å²) in [5.41, 5.74) is 2.57. The number of urea groups is 1. The summed E-state index contributed by atoms with van der Waals surface area (Å²) in [6, 6.07) is 26.4. The van der Waals surface area contributed by atoms with Crippen LogP contribution in [0.1, 0.15) is 37.0 Å². The van der Waals surface area contributed by atoms with Crippen LogP contribution in [0.15, 0.2) is 96.6 Å². The number of ether oxygens (including phenoxy) is 5. The number of imide groups is 2. The maximum absolute atomic E-state index is 13.4. The number of nitrogens with zero attached hydrogens (tertiary/aromatic N) is 1. The first-order valence-electron chi connectivity index (χ1n) is 15.3. The number of nitrogens with one attached hydrogen (secondary N) is 1. The van der Waals surface area contributed by atoms with E-state index in [-0.39, 0.29) is 17.9 Å². The van der Waals surface area contributed by atoms with Crippen molar-refractivity contribution >= 4 is 29.6 Å². The summed E-state index contributed by atoms with van der Waals surface area (Å²) in [5, 5.41) is 2.24.